The number of alkyl halides is 3. The summed E-state index contributed by atoms with van der Waals surface area (Å²) in [6.45, 7) is 3.14. The van der Waals surface area contributed by atoms with Crippen LogP contribution in [0.5, 0.6) is 5.75 Å². The summed E-state index contributed by atoms with van der Waals surface area (Å²) in [6, 6.07) is 8.46. The zero-order chi connectivity index (χ0) is 25.3. The van der Waals surface area contributed by atoms with E-state index in [0.29, 0.717) is 57.2 Å². The fraction of sp³-hybridized carbons (Fsp3) is 0.520. The summed E-state index contributed by atoms with van der Waals surface area (Å²) in [6.07, 6.45) is 0.877. The smallest absolute Gasteiger partial charge is 0.406 e. The third-order valence-corrected chi connectivity index (χ3v) is 7.04. The number of amides is 3. The molecule has 11 heteroatoms. The highest BCUT2D eigenvalue weighted by Gasteiger charge is 2.42. The number of carbonyl (C=O) groups is 2. The highest BCUT2D eigenvalue weighted by molar-refractivity contribution is 5.93. The molecule has 3 aliphatic rings. The second-order valence-corrected chi connectivity index (χ2v) is 9.74. The molecule has 0 unspecified atom stereocenters. The Labute approximate surface area is 206 Å². The van der Waals surface area contributed by atoms with Gasteiger partial charge in [-0.1, -0.05) is 0 Å². The summed E-state index contributed by atoms with van der Waals surface area (Å²) in [5, 5.41) is 2.72. The molecule has 3 fully saturated rings. The lowest BCUT2D eigenvalue weighted by atomic mass is 9.89. The molecule has 1 aliphatic carbocycles. The second kappa shape index (κ2) is 9.68. The van der Waals surface area contributed by atoms with Crippen LogP contribution in [0.15, 0.2) is 42.6 Å². The minimum atomic E-state index is -4.77. The van der Waals surface area contributed by atoms with E-state index in [-0.39, 0.29) is 17.7 Å². The minimum Gasteiger partial charge on any atom is -0.406 e. The summed E-state index contributed by atoms with van der Waals surface area (Å²) in [5.74, 6) is 0.346. The number of piperidine rings is 1. The summed E-state index contributed by atoms with van der Waals surface area (Å²) >= 11 is 0. The summed E-state index contributed by atoms with van der Waals surface area (Å²) < 4.78 is 49.0. The molecule has 3 heterocycles. The van der Waals surface area contributed by atoms with E-state index in [4.69, 9.17) is 4.74 Å². The molecule has 2 aromatic rings. The summed E-state index contributed by atoms with van der Waals surface area (Å²) in [4.78, 5) is 29.5. The van der Waals surface area contributed by atoms with Crippen molar-refractivity contribution in [1.82, 2.24) is 14.4 Å². The number of aromatic nitrogens is 1. The molecule has 1 aromatic heterocycles. The SMILES string of the molecule is O=C(Nc1ccc(OC(F)(F)F)cc1)N1CCOC2(CCN(C(=O)c3cccn3CC3CC3)CC2)C1. The molecule has 1 spiro atoms. The number of urea groups is 1. The second-order valence-electron chi connectivity index (χ2n) is 9.74. The van der Waals surface area contributed by atoms with Gasteiger partial charge in [-0.3, -0.25) is 4.79 Å². The first-order valence-electron chi connectivity index (χ1n) is 12.2. The Bertz CT molecular complexity index is 1090. The Morgan fingerprint density at radius 1 is 1.06 bits per heavy atom. The number of hydrogen-bond donors (Lipinski definition) is 1. The normalized spacial score (nSPS) is 19.9. The highest BCUT2D eigenvalue weighted by Crippen LogP contribution is 2.33. The zero-order valence-electron chi connectivity index (χ0n) is 19.8. The van der Waals surface area contributed by atoms with Crippen LogP contribution in [0.25, 0.3) is 0 Å². The van der Waals surface area contributed by atoms with Crippen molar-refractivity contribution in [1.29, 1.82) is 0 Å². The number of ether oxygens (including phenoxy) is 2. The Morgan fingerprint density at radius 3 is 2.44 bits per heavy atom. The van der Waals surface area contributed by atoms with Gasteiger partial charge in [-0.15, -0.1) is 13.2 Å². The Morgan fingerprint density at radius 2 is 1.78 bits per heavy atom. The maximum Gasteiger partial charge on any atom is 0.573 e. The van der Waals surface area contributed by atoms with Crippen LogP contribution < -0.4 is 10.1 Å². The van der Waals surface area contributed by atoms with Crippen LogP contribution in [-0.4, -0.2) is 71.1 Å². The van der Waals surface area contributed by atoms with Gasteiger partial charge in [0.1, 0.15) is 11.4 Å². The van der Waals surface area contributed by atoms with Crippen LogP contribution in [0.3, 0.4) is 0 Å². The summed E-state index contributed by atoms with van der Waals surface area (Å²) in [7, 11) is 0. The number of morpholine rings is 1. The Balaban J connectivity index is 1.15. The fourth-order valence-corrected chi connectivity index (χ4v) is 4.89. The van der Waals surface area contributed by atoms with Gasteiger partial charge in [0.25, 0.3) is 5.91 Å². The van der Waals surface area contributed by atoms with Crippen molar-refractivity contribution in [2.75, 3.05) is 38.1 Å². The van der Waals surface area contributed by atoms with E-state index in [1.165, 1.54) is 25.0 Å². The number of nitrogens with one attached hydrogen (secondary N) is 1. The molecule has 1 saturated carbocycles. The molecule has 3 amide bonds. The molecule has 0 bridgehead atoms. The number of anilines is 1. The number of likely N-dealkylation sites (tertiary alicyclic amines) is 1. The van der Waals surface area contributed by atoms with Gasteiger partial charge in [0.2, 0.25) is 0 Å². The van der Waals surface area contributed by atoms with E-state index in [0.717, 1.165) is 24.4 Å². The van der Waals surface area contributed by atoms with Gasteiger partial charge < -0.3 is 29.2 Å². The topological polar surface area (TPSA) is 76.0 Å². The van der Waals surface area contributed by atoms with Gasteiger partial charge in [-0.25, -0.2) is 4.79 Å². The third kappa shape index (κ3) is 5.77. The largest absolute Gasteiger partial charge is 0.573 e. The average molecular weight is 507 g/mol. The average Bonchev–Trinajstić information content (AvgIpc) is 3.54. The molecule has 0 atom stereocenters. The van der Waals surface area contributed by atoms with Crippen molar-refractivity contribution in [3.8, 4) is 5.75 Å². The van der Waals surface area contributed by atoms with Crippen LogP contribution in [-0.2, 0) is 11.3 Å². The number of halogens is 3. The summed E-state index contributed by atoms with van der Waals surface area (Å²) in [5.41, 5.74) is 0.562. The molecule has 36 heavy (non-hydrogen) atoms. The van der Waals surface area contributed by atoms with Crippen molar-refractivity contribution in [3.63, 3.8) is 0 Å². The molecular formula is C25H29F3N4O4. The molecule has 8 nitrogen and oxygen atoms in total. The molecule has 1 aromatic carbocycles. The van der Waals surface area contributed by atoms with E-state index < -0.39 is 12.0 Å². The molecule has 194 valence electrons. The third-order valence-electron chi connectivity index (χ3n) is 7.04. The standard InChI is InChI=1S/C25H29F3N4O4/c26-25(27,28)36-20-7-5-19(6-8-20)29-23(34)32-14-15-35-24(17-32)9-12-30(13-10-24)22(33)21-2-1-11-31(21)16-18-3-4-18/h1-2,5-8,11,18H,3-4,9-10,12-17H2,(H,29,34). The maximum absolute atomic E-state index is 13.1. The minimum absolute atomic E-state index is 0.0267. The predicted octanol–water partition coefficient (Wildman–Crippen LogP) is 4.34. The Kier molecular flexibility index (Phi) is 6.59. The molecule has 5 rings (SSSR count). The van der Waals surface area contributed by atoms with Crippen LogP contribution in [0, 0.1) is 5.92 Å². The first kappa shape index (κ1) is 24.5. The van der Waals surface area contributed by atoms with Gasteiger partial charge in [0, 0.05) is 38.1 Å². The molecule has 2 aliphatic heterocycles. The van der Waals surface area contributed by atoms with Crippen molar-refractivity contribution in [2.24, 2.45) is 5.92 Å². The first-order valence-corrected chi connectivity index (χ1v) is 12.2. The van der Waals surface area contributed by atoms with Crippen molar-refractivity contribution >= 4 is 17.6 Å². The number of benzene rings is 1. The van der Waals surface area contributed by atoms with Gasteiger partial charge >= 0.3 is 12.4 Å². The van der Waals surface area contributed by atoms with E-state index in [9.17, 15) is 22.8 Å². The maximum atomic E-state index is 13.1. The lowest BCUT2D eigenvalue weighted by Gasteiger charge is -2.47. The van der Waals surface area contributed by atoms with Crippen LogP contribution in [0.1, 0.15) is 36.2 Å². The quantitative estimate of drug-likeness (QED) is 0.655. The fourth-order valence-electron chi connectivity index (χ4n) is 4.89. The van der Waals surface area contributed by atoms with Gasteiger partial charge in [-0.05, 0) is 68.0 Å². The predicted molar refractivity (Wildman–Crippen MR) is 125 cm³/mol. The molecule has 1 N–H and O–H groups in total. The van der Waals surface area contributed by atoms with Gasteiger partial charge in [-0.2, -0.15) is 0 Å². The highest BCUT2D eigenvalue weighted by atomic mass is 19.4. The molecule has 0 radical (unpaired) electrons. The van der Waals surface area contributed by atoms with Crippen LogP contribution in [0.2, 0.25) is 0 Å². The van der Waals surface area contributed by atoms with Crippen molar-refractivity contribution in [3.05, 3.63) is 48.3 Å². The number of rotatable bonds is 5. The molecular weight excluding hydrogens is 477 g/mol. The van der Waals surface area contributed by atoms with Crippen LogP contribution in [0.4, 0.5) is 23.7 Å². The lowest BCUT2D eigenvalue weighted by molar-refractivity contribution is -0.274. The monoisotopic (exact) mass is 506 g/mol. The van der Waals surface area contributed by atoms with Crippen LogP contribution >= 0.6 is 0 Å². The molecule has 2 saturated heterocycles. The Hall–Kier alpha value is -3.21. The van der Waals surface area contributed by atoms with E-state index in [2.05, 4.69) is 14.6 Å². The number of carbonyl (C=O) groups excluding carboxylic acids is 2. The van der Waals surface area contributed by atoms with Gasteiger partial charge in [0.15, 0.2) is 0 Å². The van der Waals surface area contributed by atoms with Crippen molar-refractivity contribution < 1.29 is 32.2 Å². The number of hydrogen-bond acceptors (Lipinski definition) is 4. The number of nitrogens with zero attached hydrogens (tertiary/aromatic N) is 3. The van der Waals surface area contributed by atoms with Crippen molar-refractivity contribution in [2.45, 2.75) is 44.2 Å². The first-order chi connectivity index (χ1) is 17.2. The lowest BCUT2D eigenvalue weighted by Crippen LogP contribution is -2.59. The van der Waals surface area contributed by atoms with E-state index >= 15 is 0 Å². The zero-order valence-corrected chi connectivity index (χ0v) is 19.8. The van der Waals surface area contributed by atoms with E-state index in [1.807, 2.05) is 23.2 Å². The van der Waals surface area contributed by atoms with Gasteiger partial charge in [0.05, 0.1) is 18.8 Å². The van der Waals surface area contributed by atoms with E-state index in [1.54, 1.807) is 4.90 Å².